The minimum absolute atomic E-state index is 0.0429. The molecule has 2 aliphatic rings. The maximum absolute atomic E-state index is 12.9. The molecule has 2 aliphatic heterocycles. The summed E-state index contributed by atoms with van der Waals surface area (Å²) in [6.07, 6.45) is 4.81. The number of nitrogens with zero attached hydrogens (tertiary/aromatic N) is 4. The van der Waals surface area contributed by atoms with Crippen LogP contribution in [0.1, 0.15) is 27.2 Å². The number of aromatic nitrogens is 2. The first-order chi connectivity index (χ1) is 11.5. The summed E-state index contributed by atoms with van der Waals surface area (Å²) in [5.74, 6) is 2.36. The highest BCUT2D eigenvalue weighted by Crippen LogP contribution is 2.21. The van der Waals surface area contributed by atoms with Crippen LogP contribution in [0.15, 0.2) is 18.5 Å². The predicted octanol–water partition coefficient (Wildman–Crippen LogP) is 0.0745. The summed E-state index contributed by atoms with van der Waals surface area (Å²) >= 11 is 0. The standard InChI is InChI=1S/C18H29N5O/c1-14-11-15(2)13-23(12-14)17(24)16(3)21-7-9-22(10-8-21)18-19-5-4-6-20-18/h4-6,14-16H,7-13H2,1-3H3/p+1/t14-,15+,16-/m1/s1. The maximum atomic E-state index is 12.9. The van der Waals surface area contributed by atoms with Gasteiger partial charge in [0.2, 0.25) is 5.95 Å². The second kappa shape index (κ2) is 7.47. The van der Waals surface area contributed by atoms with E-state index in [1.54, 1.807) is 12.4 Å². The van der Waals surface area contributed by atoms with Crippen molar-refractivity contribution in [2.45, 2.75) is 33.2 Å². The average molecular weight is 332 g/mol. The lowest BCUT2D eigenvalue weighted by Crippen LogP contribution is -3.19. The summed E-state index contributed by atoms with van der Waals surface area (Å²) in [5, 5.41) is 0. The van der Waals surface area contributed by atoms with Crippen molar-refractivity contribution in [3.63, 3.8) is 0 Å². The second-order valence-electron chi connectivity index (χ2n) is 7.61. The molecule has 6 heteroatoms. The van der Waals surface area contributed by atoms with Crippen molar-refractivity contribution in [2.75, 3.05) is 44.2 Å². The Morgan fingerprint density at radius 3 is 2.33 bits per heavy atom. The van der Waals surface area contributed by atoms with E-state index in [4.69, 9.17) is 0 Å². The number of quaternary nitrogens is 1. The van der Waals surface area contributed by atoms with Crippen LogP contribution in [0, 0.1) is 11.8 Å². The summed E-state index contributed by atoms with van der Waals surface area (Å²) in [7, 11) is 0. The van der Waals surface area contributed by atoms with E-state index in [0.29, 0.717) is 17.7 Å². The topological polar surface area (TPSA) is 53.8 Å². The first-order valence-electron chi connectivity index (χ1n) is 9.20. The fourth-order valence-corrected chi connectivity index (χ4v) is 4.17. The fourth-order valence-electron chi connectivity index (χ4n) is 4.17. The van der Waals surface area contributed by atoms with Crippen molar-refractivity contribution in [1.29, 1.82) is 0 Å². The zero-order valence-electron chi connectivity index (χ0n) is 15.1. The normalized spacial score (nSPS) is 27.1. The Morgan fingerprint density at radius 2 is 1.75 bits per heavy atom. The van der Waals surface area contributed by atoms with E-state index in [2.05, 4.69) is 40.5 Å². The van der Waals surface area contributed by atoms with Crippen LogP contribution < -0.4 is 9.80 Å². The monoisotopic (exact) mass is 332 g/mol. The van der Waals surface area contributed by atoms with Gasteiger partial charge in [-0.25, -0.2) is 9.97 Å². The van der Waals surface area contributed by atoms with E-state index in [9.17, 15) is 4.79 Å². The Morgan fingerprint density at radius 1 is 1.17 bits per heavy atom. The quantitative estimate of drug-likeness (QED) is 0.851. The lowest BCUT2D eigenvalue weighted by atomic mass is 9.91. The molecule has 24 heavy (non-hydrogen) atoms. The van der Waals surface area contributed by atoms with E-state index < -0.39 is 0 Å². The molecule has 1 aromatic rings. The Bertz CT molecular complexity index is 534. The maximum Gasteiger partial charge on any atom is 0.280 e. The number of piperazine rings is 1. The average Bonchev–Trinajstić information content (AvgIpc) is 2.60. The molecule has 0 unspecified atom stereocenters. The molecule has 3 atom stereocenters. The molecule has 1 N–H and O–H groups in total. The Labute approximate surface area is 144 Å². The molecule has 3 heterocycles. The van der Waals surface area contributed by atoms with Gasteiger partial charge in [-0.15, -0.1) is 0 Å². The number of hydrogen-bond donors (Lipinski definition) is 1. The molecule has 0 saturated carbocycles. The molecule has 132 valence electrons. The Kier molecular flexibility index (Phi) is 5.33. The number of carbonyl (C=O) groups is 1. The van der Waals surface area contributed by atoms with Crippen molar-refractivity contribution in [1.82, 2.24) is 14.9 Å². The van der Waals surface area contributed by atoms with Crippen molar-refractivity contribution in [2.24, 2.45) is 11.8 Å². The number of nitrogens with one attached hydrogen (secondary N) is 1. The fraction of sp³-hybridized carbons (Fsp3) is 0.722. The number of piperidine rings is 1. The molecule has 0 aromatic carbocycles. The minimum Gasteiger partial charge on any atom is -0.337 e. The molecule has 6 nitrogen and oxygen atoms in total. The highest BCUT2D eigenvalue weighted by atomic mass is 16.2. The molecular weight excluding hydrogens is 302 g/mol. The largest absolute Gasteiger partial charge is 0.337 e. The number of amides is 1. The molecule has 0 aliphatic carbocycles. The van der Waals surface area contributed by atoms with Crippen molar-refractivity contribution in [3.8, 4) is 0 Å². The van der Waals surface area contributed by atoms with Gasteiger partial charge in [0, 0.05) is 25.5 Å². The van der Waals surface area contributed by atoms with E-state index in [1.165, 1.54) is 11.3 Å². The highest BCUT2D eigenvalue weighted by Gasteiger charge is 2.35. The second-order valence-corrected chi connectivity index (χ2v) is 7.61. The number of likely N-dealkylation sites (tertiary alicyclic amines) is 1. The van der Waals surface area contributed by atoms with Crippen molar-refractivity contribution in [3.05, 3.63) is 18.5 Å². The zero-order valence-corrected chi connectivity index (χ0v) is 15.1. The third-order valence-electron chi connectivity index (χ3n) is 5.40. The first kappa shape index (κ1) is 17.1. The van der Waals surface area contributed by atoms with Gasteiger partial charge in [0.15, 0.2) is 6.04 Å². The van der Waals surface area contributed by atoms with Crippen LogP contribution in [0.4, 0.5) is 5.95 Å². The van der Waals surface area contributed by atoms with Crippen LogP contribution in [0.3, 0.4) is 0 Å². The summed E-state index contributed by atoms with van der Waals surface area (Å²) in [6, 6.07) is 1.88. The number of carbonyl (C=O) groups excluding carboxylic acids is 1. The summed E-state index contributed by atoms with van der Waals surface area (Å²) < 4.78 is 0. The molecule has 3 rings (SSSR count). The van der Waals surface area contributed by atoms with E-state index in [0.717, 1.165) is 45.2 Å². The van der Waals surface area contributed by atoms with Gasteiger partial charge in [0.05, 0.1) is 26.2 Å². The van der Waals surface area contributed by atoms with E-state index in [-0.39, 0.29) is 6.04 Å². The van der Waals surface area contributed by atoms with Crippen LogP contribution in [0.25, 0.3) is 0 Å². The van der Waals surface area contributed by atoms with Gasteiger partial charge in [-0.2, -0.15) is 0 Å². The van der Waals surface area contributed by atoms with Crippen LogP contribution in [-0.2, 0) is 4.79 Å². The van der Waals surface area contributed by atoms with Crippen LogP contribution in [-0.4, -0.2) is 66.1 Å². The van der Waals surface area contributed by atoms with Crippen molar-refractivity contribution < 1.29 is 9.69 Å². The first-order valence-corrected chi connectivity index (χ1v) is 9.20. The van der Waals surface area contributed by atoms with Crippen LogP contribution >= 0.6 is 0 Å². The number of hydrogen-bond acceptors (Lipinski definition) is 4. The van der Waals surface area contributed by atoms with Gasteiger partial charge in [-0.05, 0) is 31.2 Å². The lowest BCUT2D eigenvalue weighted by molar-refractivity contribution is -0.915. The van der Waals surface area contributed by atoms with Gasteiger partial charge in [0.25, 0.3) is 5.91 Å². The van der Waals surface area contributed by atoms with Gasteiger partial charge < -0.3 is 14.7 Å². The number of rotatable bonds is 3. The van der Waals surface area contributed by atoms with Gasteiger partial charge in [-0.1, -0.05) is 13.8 Å². The van der Waals surface area contributed by atoms with Gasteiger partial charge in [0.1, 0.15) is 0 Å². The molecule has 0 bridgehead atoms. The summed E-state index contributed by atoms with van der Waals surface area (Å²) in [6.45, 7) is 12.2. The molecule has 1 amide bonds. The summed E-state index contributed by atoms with van der Waals surface area (Å²) in [5.41, 5.74) is 0. The lowest BCUT2D eigenvalue weighted by Gasteiger charge is -2.39. The number of anilines is 1. The molecule has 2 saturated heterocycles. The third-order valence-corrected chi connectivity index (χ3v) is 5.40. The SMILES string of the molecule is C[C@@H]1C[C@H](C)CN(C(=O)[C@@H](C)[NH+]2CCN(c3ncccn3)CC2)C1. The van der Waals surface area contributed by atoms with Crippen LogP contribution in [0.2, 0.25) is 0 Å². The van der Waals surface area contributed by atoms with Gasteiger partial charge in [-0.3, -0.25) is 4.79 Å². The Balaban J connectivity index is 1.55. The third kappa shape index (κ3) is 3.86. The Hall–Kier alpha value is -1.69. The molecule has 0 spiro atoms. The zero-order chi connectivity index (χ0) is 17.1. The van der Waals surface area contributed by atoms with Gasteiger partial charge >= 0.3 is 0 Å². The molecule has 1 aromatic heterocycles. The smallest absolute Gasteiger partial charge is 0.280 e. The highest BCUT2D eigenvalue weighted by molar-refractivity contribution is 5.80. The van der Waals surface area contributed by atoms with Crippen molar-refractivity contribution >= 4 is 11.9 Å². The van der Waals surface area contributed by atoms with E-state index >= 15 is 0 Å². The molecule has 0 radical (unpaired) electrons. The molecular formula is C18H30N5O+. The predicted molar refractivity (Wildman–Crippen MR) is 93.9 cm³/mol. The minimum atomic E-state index is 0.0429. The van der Waals surface area contributed by atoms with Crippen LogP contribution in [0.5, 0.6) is 0 Å². The van der Waals surface area contributed by atoms with E-state index in [1.807, 2.05) is 6.07 Å². The summed E-state index contributed by atoms with van der Waals surface area (Å²) in [4.78, 5) is 27.3. The molecule has 2 fully saturated rings.